The summed E-state index contributed by atoms with van der Waals surface area (Å²) in [6.45, 7) is 2.78. The van der Waals surface area contributed by atoms with Crippen LogP contribution in [0.15, 0.2) is 48.9 Å². The van der Waals surface area contributed by atoms with Gasteiger partial charge in [0.2, 0.25) is 0 Å². The molecule has 1 amide bonds. The number of ether oxygens (including phenoxy) is 2. The maximum Gasteiger partial charge on any atom is 0.258 e. The Kier molecular flexibility index (Phi) is 6.63. The van der Waals surface area contributed by atoms with Crippen LogP contribution in [0.25, 0.3) is 11.1 Å². The van der Waals surface area contributed by atoms with Crippen molar-refractivity contribution in [2.75, 3.05) is 20.8 Å². The van der Waals surface area contributed by atoms with Crippen molar-refractivity contribution in [1.82, 2.24) is 19.9 Å². The van der Waals surface area contributed by atoms with Crippen LogP contribution < -0.4 is 9.47 Å². The number of amides is 1. The molecule has 7 nitrogen and oxygen atoms in total. The predicted molar refractivity (Wildman–Crippen MR) is 122 cm³/mol. The number of hydrogen-bond donors (Lipinski definition) is 0. The van der Waals surface area contributed by atoms with Gasteiger partial charge in [-0.15, -0.1) is 0 Å². The molecule has 0 spiro atoms. The average Bonchev–Trinajstić information content (AvgIpc) is 3.34. The molecule has 166 valence electrons. The van der Waals surface area contributed by atoms with Crippen molar-refractivity contribution in [3.8, 4) is 22.6 Å². The number of carbonyl (C=O) groups is 1. The van der Waals surface area contributed by atoms with Gasteiger partial charge in [-0.05, 0) is 49.1 Å². The van der Waals surface area contributed by atoms with Crippen molar-refractivity contribution in [1.29, 1.82) is 0 Å². The first-order valence-electron chi connectivity index (χ1n) is 11.0. The van der Waals surface area contributed by atoms with E-state index in [9.17, 15) is 4.79 Å². The van der Waals surface area contributed by atoms with Crippen LogP contribution in [0.5, 0.6) is 11.5 Å². The number of aryl methyl sites for hydroxylation is 1. The number of nitrogens with zero attached hydrogens (tertiary/aromatic N) is 4. The van der Waals surface area contributed by atoms with Gasteiger partial charge in [-0.25, -0.2) is 9.97 Å². The van der Waals surface area contributed by atoms with E-state index in [-0.39, 0.29) is 11.9 Å². The van der Waals surface area contributed by atoms with Gasteiger partial charge in [0.25, 0.3) is 5.91 Å². The summed E-state index contributed by atoms with van der Waals surface area (Å²) in [6.07, 6.45) is 8.94. The molecule has 0 aliphatic carbocycles. The van der Waals surface area contributed by atoms with Crippen molar-refractivity contribution in [2.24, 2.45) is 0 Å². The highest BCUT2D eigenvalue weighted by molar-refractivity contribution is 5.97. The second kappa shape index (κ2) is 9.77. The second-order valence-electron chi connectivity index (χ2n) is 7.79. The van der Waals surface area contributed by atoms with E-state index >= 15 is 0 Å². The standard InChI is InChI=1S/C25H28N4O3/c1-4-6-23-27-16-20(17-10-12-26-13-11-17)24(28-23)21-7-5-14-29(21)25(30)19-9-8-18(31-2)15-22(19)32-3/h8-13,15-16,21H,4-7,14H2,1-3H3/t21-/m0/s1. The minimum absolute atomic E-state index is 0.0664. The topological polar surface area (TPSA) is 77.4 Å². The summed E-state index contributed by atoms with van der Waals surface area (Å²) < 4.78 is 10.8. The molecule has 1 fully saturated rings. The number of aromatic nitrogens is 3. The molecule has 0 N–H and O–H groups in total. The fraction of sp³-hybridized carbons (Fsp3) is 0.360. The first kappa shape index (κ1) is 21.7. The smallest absolute Gasteiger partial charge is 0.258 e. The number of methoxy groups -OCH3 is 2. The van der Waals surface area contributed by atoms with E-state index in [0.29, 0.717) is 23.6 Å². The molecular weight excluding hydrogens is 404 g/mol. The maximum absolute atomic E-state index is 13.6. The summed E-state index contributed by atoms with van der Waals surface area (Å²) in [4.78, 5) is 29.2. The van der Waals surface area contributed by atoms with Gasteiger partial charge in [-0.1, -0.05) is 6.92 Å². The molecule has 0 radical (unpaired) electrons. The van der Waals surface area contributed by atoms with Gasteiger partial charge in [-0.2, -0.15) is 0 Å². The van der Waals surface area contributed by atoms with Gasteiger partial charge in [0.05, 0.1) is 31.5 Å². The highest BCUT2D eigenvalue weighted by Crippen LogP contribution is 2.38. The van der Waals surface area contributed by atoms with Crippen molar-refractivity contribution in [3.05, 3.63) is 66.0 Å². The van der Waals surface area contributed by atoms with E-state index in [1.807, 2.05) is 23.2 Å². The summed E-state index contributed by atoms with van der Waals surface area (Å²) in [7, 11) is 3.16. The number of carbonyl (C=O) groups excluding carboxylic acids is 1. The summed E-state index contributed by atoms with van der Waals surface area (Å²) in [5.41, 5.74) is 3.36. The molecule has 1 aliphatic heterocycles. The number of likely N-dealkylation sites (tertiary alicyclic amines) is 1. The zero-order chi connectivity index (χ0) is 22.5. The van der Waals surface area contributed by atoms with E-state index in [1.54, 1.807) is 44.8 Å². The molecular formula is C25H28N4O3. The van der Waals surface area contributed by atoms with E-state index in [1.165, 1.54) is 0 Å². The number of benzene rings is 1. The summed E-state index contributed by atoms with van der Waals surface area (Å²) in [6, 6.07) is 9.07. The van der Waals surface area contributed by atoms with E-state index < -0.39 is 0 Å². The highest BCUT2D eigenvalue weighted by atomic mass is 16.5. The Morgan fingerprint density at radius 2 is 1.97 bits per heavy atom. The number of hydrogen-bond acceptors (Lipinski definition) is 6. The Morgan fingerprint density at radius 1 is 1.16 bits per heavy atom. The summed E-state index contributed by atoms with van der Waals surface area (Å²) in [5, 5.41) is 0. The van der Waals surface area contributed by atoms with Crippen LogP contribution in [0.1, 0.15) is 54.1 Å². The van der Waals surface area contributed by atoms with E-state index in [4.69, 9.17) is 14.5 Å². The average molecular weight is 433 g/mol. The Hall–Kier alpha value is -3.48. The Labute approximate surface area is 188 Å². The zero-order valence-electron chi connectivity index (χ0n) is 18.7. The Balaban J connectivity index is 1.75. The Morgan fingerprint density at radius 3 is 2.69 bits per heavy atom. The third kappa shape index (κ3) is 4.28. The minimum atomic E-state index is -0.129. The van der Waals surface area contributed by atoms with E-state index in [2.05, 4.69) is 16.9 Å². The molecule has 1 aromatic carbocycles. The van der Waals surface area contributed by atoms with Gasteiger partial charge in [0, 0.05) is 43.2 Å². The highest BCUT2D eigenvalue weighted by Gasteiger charge is 2.34. The van der Waals surface area contributed by atoms with Gasteiger partial charge >= 0.3 is 0 Å². The lowest BCUT2D eigenvalue weighted by Crippen LogP contribution is -2.31. The quantitative estimate of drug-likeness (QED) is 0.548. The van der Waals surface area contributed by atoms with Gasteiger partial charge in [-0.3, -0.25) is 9.78 Å². The maximum atomic E-state index is 13.6. The van der Waals surface area contributed by atoms with Crippen molar-refractivity contribution in [3.63, 3.8) is 0 Å². The van der Waals surface area contributed by atoms with Gasteiger partial charge < -0.3 is 14.4 Å². The van der Waals surface area contributed by atoms with Crippen molar-refractivity contribution in [2.45, 2.75) is 38.6 Å². The van der Waals surface area contributed by atoms with Crippen LogP contribution >= 0.6 is 0 Å². The van der Waals surface area contributed by atoms with E-state index in [0.717, 1.165) is 48.3 Å². The molecule has 4 rings (SSSR count). The minimum Gasteiger partial charge on any atom is -0.497 e. The SMILES string of the molecule is CCCc1ncc(-c2ccncc2)c([C@@H]2CCCN2C(=O)c2ccc(OC)cc2OC)n1. The Bertz CT molecular complexity index is 1090. The molecule has 0 unspecified atom stereocenters. The number of pyridine rings is 1. The lowest BCUT2D eigenvalue weighted by molar-refractivity contribution is 0.0729. The lowest BCUT2D eigenvalue weighted by atomic mass is 10.00. The molecule has 7 heteroatoms. The second-order valence-corrected chi connectivity index (χ2v) is 7.79. The fourth-order valence-corrected chi connectivity index (χ4v) is 4.21. The third-order valence-corrected chi connectivity index (χ3v) is 5.80. The third-order valence-electron chi connectivity index (χ3n) is 5.80. The normalized spacial score (nSPS) is 15.6. The van der Waals surface area contributed by atoms with Crippen molar-refractivity contribution < 1.29 is 14.3 Å². The molecule has 1 atom stereocenters. The molecule has 0 saturated carbocycles. The zero-order valence-corrected chi connectivity index (χ0v) is 18.7. The molecule has 3 aromatic rings. The lowest BCUT2D eigenvalue weighted by Gasteiger charge is -2.27. The molecule has 3 heterocycles. The fourth-order valence-electron chi connectivity index (χ4n) is 4.21. The molecule has 0 bridgehead atoms. The van der Waals surface area contributed by atoms with Crippen LogP contribution in [0.4, 0.5) is 0 Å². The largest absolute Gasteiger partial charge is 0.497 e. The predicted octanol–water partition coefficient (Wildman–Crippen LogP) is 4.49. The summed E-state index contributed by atoms with van der Waals surface area (Å²) >= 11 is 0. The van der Waals surface area contributed by atoms with Crippen LogP contribution in [-0.4, -0.2) is 46.5 Å². The van der Waals surface area contributed by atoms with Crippen LogP contribution in [-0.2, 0) is 6.42 Å². The van der Waals surface area contributed by atoms with Gasteiger partial charge in [0.15, 0.2) is 0 Å². The van der Waals surface area contributed by atoms with Crippen LogP contribution in [0.3, 0.4) is 0 Å². The van der Waals surface area contributed by atoms with Crippen molar-refractivity contribution >= 4 is 5.91 Å². The van der Waals surface area contributed by atoms with Crippen LogP contribution in [0.2, 0.25) is 0 Å². The molecule has 2 aromatic heterocycles. The number of rotatable bonds is 7. The van der Waals surface area contributed by atoms with Gasteiger partial charge in [0.1, 0.15) is 17.3 Å². The molecule has 1 aliphatic rings. The first-order chi connectivity index (χ1) is 15.7. The molecule has 1 saturated heterocycles. The first-order valence-corrected chi connectivity index (χ1v) is 11.0. The van der Waals surface area contributed by atoms with Crippen LogP contribution in [0, 0.1) is 0 Å². The monoisotopic (exact) mass is 432 g/mol. The summed E-state index contributed by atoms with van der Waals surface area (Å²) in [5.74, 6) is 1.89. The molecule has 32 heavy (non-hydrogen) atoms.